The van der Waals surface area contributed by atoms with Gasteiger partial charge in [-0.2, -0.15) is 0 Å². The van der Waals surface area contributed by atoms with E-state index in [1.54, 1.807) is 0 Å². The van der Waals surface area contributed by atoms with Gasteiger partial charge in [0.25, 0.3) is 0 Å². The van der Waals surface area contributed by atoms with Gasteiger partial charge in [-0.05, 0) is 6.42 Å². The Morgan fingerprint density at radius 2 is 1.38 bits per heavy atom. The standard InChI is InChI=1S/C9H21O4P.2Na/c1-2-3-4-5-6-7-8-9-13-14(10,11)12;;/h2-9H2,1H3,(H2,10,11,12);;/q;2*+1/p-2. The fourth-order valence-electron chi connectivity index (χ4n) is 1.24. The van der Waals surface area contributed by atoms with Crippen molar-refractivity contribution in [2.75, 3.05) is 6.61 Å². The number of rotatable bonds is 9. The van der Waals surface area contributed by atoms with E-state index < -0.39 is 7.82 Å². The van der Waals surface area contributed by atoms with Gasteiger partial charge < -0.3 is 18.9 Å². The average molecular weight is 268 g/mol. The molecule has 0 spiro atoms. The van der Waals surface area contributed by atoms with Gasteiger partial charge in [-0.3, -0.25) is 0 Å². The van der Waals surface area contributed by atoms with Gasteiger partial charge in [0, 0.05) is 0 Å². The molecule has 0 aliphatic rings. The predicted molar refractivity (Wildman–Crippen MR) is 51.6 cm³/mol. The Bertz CT molecular complexity index is 175. The van der Waals surface area contributed by atoms with E-state index in [-0.39, 0.29) is 65.7 Å². The number of phosphoric acid groups is 1. The molecule has 16 heavy (non-hydrogen) atoms. The fourth-order valence-corrected chi connectivity index (χ4v) is 1.59. The maximum Gasteiger partial charge on any atom is 1.00 e. The largest absolute Gasteiger partial charge is 1.00 e. The topological polar surface area (TPSA) is 72.4 Å². The van der Waals surface area contributed by atoms with Crippen LogP contribution in [0.4, 0.5) is 0 Å². The molecule has 0 saturated carbocycles. The van der Waals surface area contributed by atoms with Crippen LogP contribution in [-0.2, 0) is 9.09 Å². The van der Waals surface area contributed by atoms with E-state index in [9.17, 15) is 14.4 Å². The summed E-state index contributed by atoms with van der Waals surface area (Å²) in [6.07, 6.45) is 7.57. The molecule has 0 bridgehead atoms. The minimum Gasteiger partial charge on any atom is -0.790 e. The molecule has 0 saturated heterocycles. The molecular weight excluding hydrogens is 249 g/mol. The van der Waals surface area contributed by atoms with Gasteiger partial charge in [0.15, 0.2) is 0 Å². The van der Waals surface area contributed by atoms with E-state index in [4.69, 9.17) is 0 Å². The van der Waals surface area contributed by atoms with E-state index in [2.05, 4.69) is 11.4 Å². The summed E-state index contributed by atoms with van der Waals surface area (Å²) >= 11 is 0. The van der Waals surface area contributed by atoms with Crippen molar-refractivity contribution in [3.05, 3.63) is 0 Å². The summed E-state index contributed by atoms with van der Waals surface area (Å²) in [6, 6.07) is 0. The van der Waals surface area contributed by atoms with Crippen LogP contribution in [0.5, 0.6) is 0 Å². The summed E-state index contributed by atoms with van der Waals surface area (Å²) < 4.78 is 14.2. The Hall–Kier alpha value is 2.11. The van der Waals surface area contributed by atoms with Crippen LogP contribution in [0.2, 0.25) is 0 Å². The van der Waals surface area contributed by atoms with Crippen molar-refractivity contribution in [1.29, 1.82) is 0 Å². The third-order valence-electron chi connectivity index (χ3n) is 2.00. The summed E-state index contributed by atoms with van der Waals surface area (Å²) in [5, 5.41) is 0. The third kappa shape index (κ3) is 21.4. The Kier molecular flexibility index (Phi) is 22.0. The zero-order chi connectivity index (χ0) is 10.9. The molecule has 0 aromatic heterocycles. The molecule has 0 aromatic rings. The number of phosphoric ester groups is 1. The first-order valence-electron chi connectivity index (χ1n) is 5.23. The molecule has 0 fully saturated rings. The monoisotopic (exact) mass is 268 g/mol. The second-order valence-electron chi connectivity index (χ2n) is 3.40. The predicted octanol–water partition coefficient (Wildman–Crippen LogP) is -4.41. The summed E-state index contributed by atoms with van der Waals surface area (Å²) in [6.45, 7) is 2.20. The van der Waals surface area contributed by atoms with E-state index >= 15 is 0 Å². The Labute approximate surface area is 143 Å². The second-order valence-corrected chi connectivity index (χ2v) is 4.55. The first-order valence-corrected chi connectivity index (χ1v) is 6.69. The van der Waals surface area contributed by atoms with Gasteiger partial charge in [0.05, 0.1) is 14.4 Å². The number of hydrogen-bond acceptors (Lipinski definition) is 4. The molecule has 4 nitrogen and oxygen atoms in total. The Morgan fingerprint density at radius 1 is 0.938 bits per heavy atom. The molecule has 0 unspecified atom stereocenters. The quantitative estimate of drug-likeness (QED) is 0.240. The van der Waals surface area contributed by atoms with Gasteiger partial charge in [-0.1, -0.05) is 45.4 Å². The number of unbranched alkanes of at least 4 members (excludes halogenated alkanes) is 6. The van der Waals surface area contributed by atoms with Crippen molar-refractivity contribution in [2.45, 2.75) is 51.9 Å². The SMILES string of the molecule is CCCCCCCCCOP(=O)([O-])[O-].[Na+].[Na+]. The minimum absolute atomic E-state index is 0. The van der Waals surface area contributed by atoms with E-state index in [1.807, 2.05) is 0 Å². The zero-order valence-corrected chi connectivity index (χ0v) is 15.6. The maximum atomic E-state index is 10.1. The van der Waals surface area contributed by atoms with Crippen molar-refractivity contribution in [1.82, 2.24) is 0 Å². The average Bonchev–Trinajstić information content (AvgIpc) is 2.08. The van der Waals surface area contributed by atoms with Crippen LogP contribution in [0.1, 0.15) is 51.9 Å². The van der Waals surface area contributed by atoms with Crippen molar-refractivity contribution >= 4 is 7.82 Å². The van der Waals surface area contributed by atoms with Crippen molar-refractivity contribution in [3.63, 3.8) is 0 Å². The Balaban J connectivity index is -0.000000845. The number of hydrogen-bond donors (Lipinski definition) is 0. The second kappa shape index (κ2) is 15.2. The third-order valence-corrected chi connectivity index (χ3v) is 2.50. The van der Waals surface area contributed by atoms with Crippen molar-refractivity contribution in [2.24, 2.45) is 0 Å². The molecule has 0 N–H and O–H groups in total. The first-order chi connectivity index (χ1) is 6.56. The molecule has 0 aliphatic heterocycles. The summed E-state index contributed by atoms with van der Waals surface area (Å²) in [5.74, 6) is 0. The van der Waals surface area contributed by atoms with E-state index in [1.165, 1.54) is 25.7 Å². The molecule has 0 radical (unpaired) electrons. The normalized spacial score (nSPS) is 10.4. The molecule has 0 aromatic carbocycles. The zero-order valence-electron chi connectivity index (χ0n) is 10.7. The molecule has 0 heterocycles. The minimum atomic E-state index is -4.73. The fraction of sp³-hybridized carbons (Fsp3) is 1.00. The molecular formula is C9H19Na2O4P. The maximum absolute atomic E-state index is 10.1. The van der Waals surface area contributed by atoms with Crippen LogP contribution in [0, 0.1) is 0 Å². The smallest absolute Gasteiger partial charge is 0.790 e. The molecule has 0 atom stereocenters. The summed E-state index contributed by atoms with van der Waals surface area (Å²) in [4.78, 5) is 20.1. The van der Waals surface area contributed by atoms with Crippen LogP contribution in [-0.4, -0.2) is 6.61 Å². The van der Waals surface area contributed by atoms with Crippen LogP contribution in [0.25, 0.3) is 0 Å². The first kappa shape index (κ1) is 23.2. The van der Waals surface area contributed by atoms with Crippen LogP contribution in [0.3, 0.4) is 0 Å². The van der Waals surface area contributed by atoms with Gasteiger partial charge in [0.1, 0.15) is 0 Å². The van der Waals surface area contributed by atoms with Gasteiger partial charge >= 0.3 is 59.1 Å². The van der Waals surface area contributed by atoms with Crippen LogP contribution in [0.15, 0.2) is 0 Å². The van der Waals surface area contributed by atoms with Crippen molar-refractivity contribution < 1.29 is 78.0 Å². The molecule has 86 valence electrons. The van der Waals surface area contributed by atoms with Crippen LogP contribution >= 0.6 is 7.82 Å². The molecule has 0 aliphatic carbocycles. The van der Waals surface area contributed by atoms with Gasteiger partial charge in [-0.15, -0.1) is 0 Å². The summed E-state index contributed by atoms with van der Waals surface area (Å²) in [7, 11) is -4.73. The van der Waals surface area contributed by atoms with Gasteiger partial charge in [-0.25, -0.2) is 0 Å². The summed E-state index contributed by atoms with van der Waals surface area (Å²) in [5.41, 5.74) is 0. The molecule has 0 amide bonds. The van der Waals surface area contributed by atoms with Crippen molar-refractivity contribution in [3.8, 4) is 0 Å². The van der Waals surface area contributed by atoms with E-state index in [0.29, 0.717) is 6.42 Å². The van der Waals surface area contributed by atoms with Crippen LogP contribution < -0.4 is 68.9 Å². The molecule has 7 heteroatoms. The van der Waals surface area contributed by atoms with E-state index in [0.717, 1.165) is 12.8 Å². The van der Waals surface area contributed by atoms with Gasteiger partial charge in [0.2, 0.25) is 0 Å². The Morgan fingerprint density at radius 3 is 1.81 bits per heavy atom. The molecule has 0 rings (SSSR count).